The van der Waals surface area contributed by atoms with E-state index in [4.69, 9.17) is 9.15 Å². The maximum Gasteiger partial charge on any atom is 0.309 e. The molecule has 1 fully saturated rings. The van der Waals surface area contributed by atoms with Crippen LogP contribution >= 0.6 is 11.8 Å². The van der Waals surface area contributed by atoms with Crippen molar-refractivity contribution in [2.24, 2.45) is 5.92 Å². The van der Waals surface area contributed by atoms with Crippen molar-refractivity contribution in [1.82, 2.24) is 15.1 Å². The number of esters is 1. The van der Waals surface area contributed by atoms with E-state index in [0.717, 1.165) is 11.8 Å². The average molecular weight is 393 g/mol. The van der Waals surface area contributed by atoms with Crippen molar-refractivity contribution < 1.29 is 23.1 Å². The Kier molecular flexibility index (Phi) is 6.44. The molecule has 1 aliphatic heterocycles. The van der Waals surface area contributed by atoms with Gasteiger partial charge in [-0.15, -0.1) is 10.2 Å². The number of hydrogen-bond acceptors (Lipinski definition) is 7. The standard InChI is InChI=1S/C18H20FN3O4S/c1-2-25-17(24)13-7-9-22(10-8-13)15(23)11-27-18-21-20-16(26-18)12-3-5-14(19)6-4-12/h3-6,13H,2,7-11H2,1H3. The van der Waals surface area contributed by atoms with Crippen LogP contribution in [0, 0.1) is 11.7 Å². The zero-order valence-electron chi connectivity index (χ0n) is 14.9. The quantitative estimate of drug-likeness (QED) is 0.551. The highest BCUT2D eigenvalue weighted by molar-refractivity contribution is 7.99. The van der Waals surface area contributed by atoms with E-state index in [9.17, 15) is 14.0 Å². The Morgan fingerprint density at radius 2 is 1.96 bits per heavy atom. The Labute approximate surface area is 160 Å². The van der Waals surface area contributed by atoms with Crippen molar-refractivity contribution in [1.29, 1.82) is 0 Å². The summed E-state index contributed by atoms with van der Waals surface area (Å²) in [6.07, 6.45) is 1.23. The Balaban J connectivity index is 1.47. The summed E-state index contributed by atoms with van der Waals surface area (Å²) in [4.78, 5) is 25.8. The lowest BCUT2D eigenvalue weighted by Gasteiger charge is -2.30. The predicted molar refractivity (Wildman–Crippen MR) is 96.4 cm³/mol. The molecule has 0 N–H and O–H groups in total. The smallest absolute Gasteiger partial charge is 0.309 e. The molecular formula is C18H20FN3O4S. The maximum atomic E-state index is 13.0. The fourth-order valence-corrected chi connectivity index (χ4v) is 3.48. The van der Waals surface area contributed by atoms with Crippen LogP contribution in [0.3, 0.4) is 0 Å². The molecule has 1 aromatic heterocycles. The molecule has 27 heavy (non-hydrogen) atoms. The van der Waals surface area contributed by atoms with E-state index < -0.39 is 0 Å². The van der Waals surface area contributed by atoms with Gasteiger partial charge in [0.25, 0.3) is 5.22 Å². The van der Waals surface area contributed by atoms with Gasteiger partial charge in [0.05, 0.1) is 18.3 Å². The second-order valence-electron chi connectivity index (χ2n) is 6.08. The molecule has 1 saturated heterocycles. The largest absolute Gasteiger partial charge is 0.466 e. The topological polar surface area (TPSA) is 85.5 Å². The fraction of sp³-hybridized carbons (Fsp3) is 0.444. The average Bonchev–Trinajstić information content (AvgIpc) is 3.16. The van der Waals surface area contributed by atoms with Gasteiger partial charge in [0.2, 0.25) is 11.8 Å². The summed E-state index contributed by atoms with van der Waals surface area (Å²) in [6.45, 7) is 3.23. The zero-order chi connectivity index (χ0) is 19.2. The Morgan fingerprint density at radius 1 is 1.26 bits per heavy atom. The summed E-state index contributed by atoms with van der Waals surface area (Å²) in [5.41, 5.74) is 0.614. The zero-order valence-corrected chi connectivity index (χ0v) is 15.7. The minimum atomic E-state index is -0.342. The summed E-state index contributed by atoms with van der Waals surface area (Å²) >= 11 is 1.16. The third-order valence-corrected chi connectivity index (χ3v) is 5.09. The molecule has 1 amide bonds. The minimum absolute atomic E-state index is 0.0381. The Morgan fingerprint density at radius 3 is 2.63 bits per heavy atom. The molecule has 0 radical (unpaired) electrons. The van der Waals surface area contributed by atoms with E-state index in [1.807, 2.05) is 0 Å². The van der Waals surface area contributed by atoms with Gasteiger partial charge < -0.3 is 14.1 Å². The van der Waals surface area contributed by atoms with E-state index in [1.54, 1.807) is 24.0 Å². The minimum Gasteiger partial charge on any atom is -0.466 e. The number of piperidine rings is 1. The second-order valence-corrected chi connectivity index (χ2v) is 7.00. The van der Waals surface area contributed by atoms with E-state index in [1.165, 1.54) is 12.1 Å². The maximum absolute atomic E-state index is 13.0. The monoisotopic (exact) mass is 393 g/mol. The third kappa shape index (κ3) is 5.06. The number of carbonyl (C=O) groups is 2. The van der Waals surface area contributed by atoms with Crippen molar-refractivity contribution in [2.45, 2.75) is 25.0 Å². The van der Waals surface area contributed by atoms with Gasteiger partial charge in [-0.2, -0.15) is 0 Å². The van der Waals surface area contributed by atoms with Gasteiger partial charge in [0, 0.05) is 18.7 Å². The van der Waals surface area contributed by atoms with Gasteiger partial charge in [-0.1, -0.05) is 11.8 Å². The number of aromatic nitrogens is 2. The number of benzene rings is 1. The predicted octanol–water partition coefficient (Wildman–Crippen LogP) is 2.77. The van der Waals surface area contributed by atoms with Crippen LogP contribution in [-0.2, 0) is 14.3 Å². The number of likely N-dealkylation sites (tertiary alicyclic amines) is 1. The van der Waals surface area contributed by atoms with Crippen molar-refractivity contribution >= 4 is 23.6 Å². The molecule has 1 aromatic carbocycles. The molecule has 7 nitrogen and oxygen atoms in total. The molecule has 0 aliphatic carbocycles. The first kappa shape index (κ1) is 19.3. The van der Waals surface area contributed by atoms with Crippen LogP contribution in [0.4, 0.5) is 4.39 Å². The van der Waals surface area contributed by atoms with Gasteiger partial charge in [0.1, 0.15) is 5.82 Å². The van der Waals surface area contributed by atoms with Gasteiger partial charge in [-0.05, 0) is 44.0 Å². The summed E-state index contributed by atoms with van der Waals surface area (Å²) in [5.74, 6) is -0.238. The number of halogens is 1. The normalized spacial score (nSPS) is 15.0. The second kappa shape index (κ2) is 8.98. The summed E-state index contributed by atoms with van der Waals surface area (Å²) in [5, 5.41) is 8.11. The highest BCUT2D eigenvalue weighted by Gasteiger charge is 2.28. The van der Waals surface area contributed by atoms with Crippen LogP contribution < -0.4 is 0 Å². The number of ether oxygens (including phenoxy) is 1. The molecule has 2 heterocycles. The fourth-order valence-electron chi connectivity index (χ4n) is 2.82. The number of nitrogens with zero attached hydrogens (tertiary/aromatic N) is 3. The summed E-state index contributed by atoms with van der Waals surface area (Å²) in [6, 6.07) is 5.73. The van der Waals surface area contributed by atoms with Crippen LogP contribution in [0.1, 0.15) is 19.8 Å². The van der Waals surface area contributed by atoms with Crippen LogP contribution in [-0.4, -0.2) is 52.4 Å². The van der Waals surface area contributed by atoms with E-state index in [2.05, 4.69) is 10.2 Å². The van der Waals surface area contributed by atoms with Crippen molar-refractivity contribution in [3.8, 4) is 11.5 Å². The molecule has 1 aliphatic rings. The molecule has 144 valence electrons. The summed E-state index contributed by atoms with van der Waals surface area (Å²) < 4.78 is 23.5. The van der Waals surface area contributed by atoms with Crippen molar-refractivity contribution in [3.63, 3.8) is 0 Å². The van der Waals surface area contributed by atoms with Crippen LogP contribution in [0.5, 0.6) is 0 Å². The Bertz CT molecular complexity index is 788. The van der Waals surface area contributed by atoms with E-state index in [-0.39, 0.29) is 40.5 Å². The van der Waals surface area contributed by atoms with Crippen LogP contribution in [0.2, 0.25) is 0 Å². The molecule has 0 atom stereocenters. The lowest BCUT2D eigenvalue weighted by molar-refractivity contribution is -0.151. The third-order valence-electron chi connectivity index (χ3n) is 4.28. The molecule has 0 saturated carbocycles. The lowest BCUT2D eigenvalue weighted by Crippen LogP contribution is -2.41. The number of thioether (sulfide) groups is 1. The lowest BCUT2D eigenvalue weighted by atomic mass is 9.97. The molecule has 0 bridgehead atoms. The van der Waals surface area contributed by atoms with E-state index in [0.29, 0.717) is 38.1 Å². The molecule has 0 unspecified atom stereocenters. The first-order valence-corrected chi connectivity index (χ1v) is 9.72. The number of hydrogen-bond donors (Lipinski definition) is 0. The molecular weight excluding hydrogens is 373 g/mol. The van der Waals surface area contributed by atoms with Gasteiger partial charge in [-0.25, -0.2) is 4.39 Å². The number of amides is 1. The molecule has 9 heteroatoms. The summed E-state index contributed by atoms with van der Waals surface area (Å²) in [7, 11) is 0. The van der Waals surface area contributed by atoms with Crippen LogP contribution in [0.25, 0.3) is 11.5 Å². The highest BCUT2D eigenvalue weighted by atomic mass is 32.2. The molecule has 3 rings (SSSR count). The van der Waals surface area contributed by atoms with E-state index >= 15 is 0 Å². The Hall–Kier alpha value is -2.42. The van der Waals surface area contributed by atoms with Crippen LogP contribution in [0.15, 0.2) is 33.9 Å². The first-order valence-electron chi connectivity index (χ1n) is 8.73. The van der Waals surface area contributed by atoms with Gasteiger partial charge in [-0.3, -0.25) is 9.59 Å². The first-order chi connectivity index (χ1) is 13.1. The van der Waals surface area contributed by atoms with Crippen molar-refractivity contribution in [3.05, 3.63) is 30.1 Å². The van der Waals surface area contributed by atoms with Gasteiger partial charge >= 0.3 is 5.97 Å². The number of rotatable bonds is 6. The SMILES string of the molecule is CCOC(=O)C1CCN(C(=O)CSc2nnc(-c3ccc(F)cc3)o2)CC1. The van der Waals surface area contributed by atoms with Gasteiger partial charge in [0.15, 0.2) is 0 Å². The number of carbonyl (C=O) groups excluding carboxylic acids is 2. The van der Waals surface area contributed by atoms with Crippen molar-refractivity contribution in [2.75, 3.05) is 25.4 Å². The molecule has 0 spiro atoms. The highest BCUT2D eigenvalue weighted by Crippen LogP contribution is 2.24. The molecule has 2 aromatic rings.